The monoisotopic (exact) mass is 778 g/mol. The van der Waals surface area contributed by atoms with Crippen LogP contribution in [-0.2, 0) is 0 Å². The van der Waals surface area contributed by atoms with Gasteiger partial charge in [0.05, 0.1) is 11.0 Å². The molecule has 0 bridgehead atoms. The van der Waals surface area contributed by atoms with Gasteiger partial charge < -0.3 is 13.4 Å². The highest BCUT2D eigenvalue weighted by Gasteiger charge is 2.25. The normalized spacial score (nSPS) is 12.3. The Morgan fingerprint density at radius 2 is 0.951 bits per heavy atom. The molecular formula is C55H30N4O2. The predicted octanol–water partition coefficient (Wildman–Crippen LogP) is 14.6. The number of hydrogen-bond acceptors (Lipinski definition) is 5. The van der Waals surface area contributed by atoms with Gasteiger partial charge in [-0.05, 0) is 93.7 Å². The van der Waals surface area contributed by atoms with Crippen molar-refractivity contribution in [3.63, 3.8) is 0 Å². The second-order valence-corrected chi connectivity index (χ2v) is 15.9. The molecule has 13 aromatic rings. The quantitative estimate of drug-likeness (QED) is 0.178. The van der Waals surface area contributed by atoms with Gasteiger partial charge in [0.25, 0.3) is 0 Å². The fourth-order valence-electron chi connectivity index (χ4n) is 9.95. The smallest absolute Gasteiger partial charge is 0.164 e. The molecule has 9 aromatic carbocycles. The molecule has 61 heavy (non-hydrogen) atoms. The Labute approximate surface area is 347 Å². The van der Waals surface area contributed by atoms with Gasteiger partial charge in [0.15, 0.2) is 17.5 Å². The van der Waals surface area contributed by atoms with E-state index in [1.165, 1.54) is 49.3 Å². The number of benzene rings is 9. The lowest BCUT2D eigenvalue weighted by Gasteiger charge is -2.13. The van der Waals surface area contributed by atoms with Gasteiger partial charge in [-0.1, -0.05) is 121 Å². The van der Waals surface area contributed by atoms with Crippen molar-refractivity contribution in [1.82, 2.24) is 19.5 Å². The van der Waals surface area contributed by atoms with E-state index < -0.39 is 0 Å². The van der Waals surface area contributed by atoms with Gasteiger partial charge in [-0.15, -0.1) is 0 Å². The molecule has 0 N–H and O–H groups in total. The minimum atomic E-state index is 0.570. The molecule has 4 heterocycles. The zero-order valence-electron chi connectivity index (χ0n) is 32.4. The third-order valence-corrected chi connectivity index (χ3v) is 12.6. The number of aromatic nitrogens is 4. The van der Waals surface area contributed by atoms with Crippen LogP contribution in [0.3, 0.4) is 0 Å². The van der Waals surface area contributed by atoms with Gasteiger partial charge in [0.1, 0.15) is 22.3 Å². The van der Waals surface area contributed by atoms with Gasteiger partial charge in [-0.3, -0.25) is 0 Å². The highest BCUT2D eigenvalue weighted by Crippen LogP contribution is 2.50. The van der Waals surface area contributed by atoms with Crippen LogP contribution >= 0.6 is 0 Å². The maximum atomic E-state index is 6.62. The Morgan fingerprint density at radius 1 is 0.328 bits per heavy atom. The van der Waals surface area contributed by atoms with Gasteiger partial charge in [-0.25, -0.2) is 15.0 Å². The van der Waals surface area contributed by atoms with Gasteiger partial charge in [0, 0.05) is 54.7 Å². The molecule has 14 rings (SSSR count). The SMILES string of the molecule is c1ccc(-c2nc(-c3ccc4oc5ccccc5c4c3)nc(-c3cccc4oc5ccc(-n6c7cccc8c7c7c9c(cccc9ccc76)-c6ccccc6-8)cc5c34)n2)cc1. The summed E-state index contributed by atoms with van der Waals surface area (Å²) in [6.45, 7) is 0. The second-order valence-electron chi connectivity index (χ2n) is 15.9. The summed E-state index contributed by atoms with van der Waals surface area (Å²) >= 11 is 0. The van der Waals surface area contributed by atoms with E-state index in [4.69, 9.17) is 23.8 Å². The first-order valence-corrected chi connectivity index (χ1v) is 20.5. The van der Waals surface area contributed by atoms with Crippen molar-refractivity contribution in [1.29, 1.82) is 0 Å². The molecule has 282 valence electrons. The van der Waals surface area contributed by atoms with Crippen molar-refractivity contribution in [2.75, 3.05) is 0 Å². The Balaban J connectivity index is 1.01. The van der Waals surface area contributed by atoms with Crippen LogP contribution in [0.25, 0.3) is 139 Å². The zero-order chi connectivity index (χ0) is 39.8. The Kier molecular flexibility index (Phi) is 6.46. The van der Waals surface area contributed by atoms with Crippen molar-refractivity contribution in [3.8, 4) is 62.1 Å². The predicted molar refractivity (Wildman–Crippen MR) is 247 cm³/mol. The highest BCUT2D eigenvalue weighted by molar-refractivity contribution is 6.30. The number of furan rings is 2. The molecule has 0 amide bonds. The van der Waals surface area contributed by atoms with Crippen molar-refractivity contribution >= 4 is 76.5 Å². The number of nitrogens with zero attached hydrogens (tertiary/aromatic N) is 4. The molecule has 1 aliphatic carbocycles. The maximum absolute atomic E-state index is 6.62. The number of fused-ring (bicyclic) bond motifs is 9. The lowest BCUT2D eigenvalue weighted by molar-refractivity contribution is 0.668. The van der Waals surface area contributed by atoms with Gasteiger partial charge in [0.2, 0.25) is 0 Å². The van der Waals surface area contributed by atoms with E-state index in [1.54, 1.807) is 0 Å². The molecule has 0 spiro atoms. The molecule has 0 atom stereocenters. The zero-order valence-corrected chi connectivity index (χ0v) is 32.4. The van der Waals surface area contributed by atoms with Crippen LogP contribution in [0, 0.1) is 0 Å². The lowest BCUT2D eigenvalue weighted by Crippen LogP contribution is -2.00. The Bertz CT molecular complexity index is 4010. The Morgan fingerprint density at radius 3 is 1.84 bits per heavy atom. The topological polar surface area (TPSA) is 69.9 Å². The fraction of sp³-hybridized carbons (Fsp3) is 0. The largest absolute Gasteiger partial charge is 0.456 e. The van der Waals surface area contributed by atoms with E-state index in [1.807, 2.05) is 72.8 Å². The van der Waals surface area contributed by atoms with Crippen LogP contribution in [0.4, 0.5) is 0 Å². The summed E-state index contributed by atoms with van der Waals surface area (Å²) in [5.74, 6) is 1.75. The highest BCUT2D eigenvalue weighted by atomic mass is 16.3. The summed E-state index contributed by atoms with van der Waals surface area (Å²) in [4.78, 5) is 15.5. The summed E-state index contributed by atoms with van der Waals surface area (Å²) in [5.41, 5.74) is 14.3. The van der Waals surface area contributed by atoms with Crippen LogP contribution in [0.2, 0.25) is 0 Å². The van der Waals surface area contributed by atoms with Gasteiger partial charge >= 0.3 is 0 Å². The van der Waals surface area contributed by atoms with Crippen LogP contribution in [0.1, 0.15) is 0 Å². The summed E-state index contributed by atoms with van der Waals surface area (Å²) in [6, 6.07) is 63.8. The first kappa shape index (κ1) is 32.6. The van der Waals surface area contributed by atoms with E-state index in [-0.39, 0.29) is 0 Å². The average Bonchev–Trinajstić information content (AvgIpc) is 3.98. The number of hydrogen-bond donors (Lipinski definition) is 0. The first-order chi connectivity index (χ1) is 30.2. The van der Waals surface area contributed by atoms with Crippen molar-refractivity contribution in [2.24, 2.45) is 0 Å². The molecule has 6 heteroatoms. The first-order valence-electron chi connectivity index (χ1n) is 20.5. The fourth-order valence-corrected chi connectivity index (χ4v) is 9.95. The molecule has 1 aliphatic rings. The summed E-state index contributed by atoms with van der Waals surface area (Å²) < 4.78 is 15.2. The van der Waals surface area contributed by atoms with E-state index in [2.05, 4.69) is 114 Å². The van der Waals surface area contributed by atoms with Gasteiger partial charge in [-0.2, -0.15) is 0 Å². The molecule has 0 unspecified atom stereocenters. The van der Waals surface area contributed by atoms with E-state index in [9.17, 15) is 0 Å². The van der Waals surface area contributed by atoms with Crippen molar-refractivity contribution in [2.45, 2.75) is 0 Å². The van der Waals surface area contributed by atoms with Crippen LogP contribution in [-0.4, -0.2) is 19.5 Å². The third kappa shape index (κ3) is 4.58. The van der Waals surface area contributed by atoms with Crippen LogP contribution < -0.4 is 0 Å². The van der Waals surface area contributed by atoms with E-state index >= 15 is 0 Å². The second kappa shape index (κ2) is 12.1. The lowest BCUT2D eigenvalue weighted by atomic mass is 9.93. The standard InChI is InChI=1S/C55H30N4O2/c1-2-11-32(12-3-1)53-56-54(33-24-27-46-41(29-33)37-16-6-7-21-45(37)60-46)58-55(57-53)40-19-10-22-48-50(40)42-30-34(25-28-47(42)61-48)59-43-20-9-18-39-36-15-5-4-14-35(36)38-17-8-13-31-23-26-44(59)52(49(31)38)51(39)43/h1-30H. The minimum absolute atomic E-state index is 0.570. The van der Waals surface area contributed by atoms with E-state index in [0.717, 1.165) is 71.8 Å². The van der Waals surface area contributed by atoms with Crippen molar-refractivity contribution < 1.29 is 8.83 Å². The number of rotatable bonds is 4. The number of para-hydroxylation sites is 1. The molecule has 0 saturated heterocycles. The molecule has 0 fully saturated rings. The molecule has 6 nitrogen and oxygen atoms in total. The van der Waals surface area contributed by atoms with Crippen LogP contribution in [0.15, 0.2) is 191 Å². The minimum Gasteiger partial charge on any atom is -0.456 e. The summed E-state index contributed by atoms with van der Waals surface area (Å²) in [7, 11) is 0. The molecule has 0 aliphatic heterocycles. The molecule has 4 aromatic heterocycles. The van der Waals surface area contributed by atoms with Crippen LogP contribution in [0.5, 0.6) is 0 Å². The Hall–Kier alpha value is -8.35. The summed E-state index contributed by atoms with van der Waals surface area (Å²) in [5, 5.41) is 9.09. The maximum Gasteiger partial charge on any atom is 0.164 e. The summed E-state index contributed by atoms with van der Waals surface area (Å²) in [6.07, 6.45) is 0. The average molecular weight is 779 g/mol. The van der Waals surface area contributed by atoms with E-state index in [0.29, 0.717) is 17.5 Å². The molecular weight excluding hydrogens is 749 g/mol. The molecule has 0 saturated carbocycles. The van der Waals surface area contributed by atoms with Crippen molar-refractivity contribution in [3.05, 3.63) is 182 Å². The molecule has 0 radical (unpaired) electrons. The third-order valence-electron chi connectivity index (χ3n) is 12.6.